The lowest BCUT2D eigenvalue weighted by atomic mass is 10.2. The van der Waals surface area contributed by atoms with Gasteiger partial charge in [-0.2, -0.15) is 5.26 Å². The molecule has 0 amide bonds. The summed E-state index contributed by atoms with van der Waals surface area (Å²) in [5.41, 5.74) is 0. The average Bonchev–Trinajstić information content (AvgIpc) is 1.87. The van der Waals surface area contributed by atoms with E-state index < -0.39 is 9.71 Å². The minimum atomic E-state index is -1.08. The van der Waals surface area contributed by atoms with Gasteiger partial charge in [-0.3, -0.25) is 0 Å². The summed E-state index contributed by atoms with van der Waals surface area (Å²) in [7, 11) is 0. The van der Waals surface area contributed by atoms with Crippen LogP contribution in [0.25, 0.3) is 0 Å². The standard InChI is InChI=1S/C5H5Cl4N/c6-3-5(8,9)1-4(7)2-10/h4H,1,3H2. The lowest BCUT2D eigenvalue weighted by Gasteiger charge is -2.15. The smallest absolute Gasteiger partial charge is 0.134 e. The molecule has 0 saturated carbocycles. The van der Waals surface area contributed by atoms with E-state index in [1.165, 1.54) is 0 Å². The van der Waals surface area contributed by atoms with Crippen molar-refractivity contribution in [1.29, 1.82) is 5.26 Å². The third kappa shape index (κ3) is 4.46. The van der Waals surface area contributed by atoms with E-state index in [-0.39, 0.29) is 12.3 Å². The molecule has 0 N–H and O–H groups in total. The molecular formula is C5H5Cl4N. The number of nitrogens with zero attached hydrogens (tertiary/aromatic N) is 1. The number of halogens is 4. The fraction of sp³-hybridized carbons (Fsp3) is 0.800. The van der Waals surface area contributed by atoms with Gasteiger partial charge in [-0.1, -0.05) is 0 Å². The normalized spacial score (nSPS) is 14.3. The highest BCUT2D eigenvalue weighted by atomic mass is 35.5. The molecule has 5 heteroatoms. The maximum atomic E-state index is 8.25. The first-order valence-corrected chi connectivity index (χ1v) is 4.22. The highest BCUT2D eigenvalue weighted by Crippen LogP contribution is 2.29. The quantitative estimate of drug-likeness (QED) is 0.672. The Labute approximate surface area is 79.8 Å². The molecule has 0 aromatic carbocycles. The maximum absolute atomic E-state index is 8.25. The summed E-state index contributed by atoms with van der Waals surface area (Å²) in [5.74, 6) is 0.0704. The van der Waals surface area contributed by atoms with Crippen LogP contribution in [0, 0.1) is 11.3 Å². The van der Waals surface area contributed by atoms with Crippen LogP contribution in [0.15, 0.2) is 0 Å². The molecule has 0 spiro atoms. The summed E-state index contributed by atoms with van der Waals surface area (Å²) in [4.78, 5) is 0. The molecular weight excluding hydrogens is 216 g/mol. The zero-order valence-corrected chi connectivity index (χ0v) is 7.97. The number of rotatable bonds is 3. The molecule has 1 atom stereocenters. The molecule has 10 heavy (non-hydrogen) atoms. The molecule has 0 aliphatic carbocycles. The number of hydrogen-bond donors (Lipinski definition) is 0. The summed E-state index contributed by atoms with van der Waals surface area (Å²) in [6.45, 7) is 0. The van der Waals surface area contributed by atoms with Crippen molar-refractivity contribution in [3.8, 4) is 6.07 Å². The van der Waals surface area contributed by atoms with Crippen LogP contribution in [0.3, 0.4) is 0 Å². The molecule has 1 nitrogen and oxygen atoms in total. The second-order valence-corrected chi connectivity index (χ2v) is 4.22. The Morgan fingerprint density at radius 1 is 1.50 bits per heavy atom. The van der Waals surface area contributed by atoms with Gasteiger partial charge in [-0.05, 0) is 0 Å². The van der Waals surface area contributed by atoms with Crippen molar-refractivity contribution < 1.29 is 0 Å². The Bertz CT molecular complexity index is 139. The third-order valence-electron chi connectivity index (χ3n) is 0.813. The minimum absolute atomic E-state index is 0.0704. The van der Waals surface area contributed by atoms with Gasteiger partial charge in [0, 0.05) is 6.42 Å². The van der Waals surface area contributed by atoms with E-state index in [1.807, 2.05) is 0 Å². The van der Waals surface area contributed by atoms with E-state index in [1.54, 1.807) is 6.07 Å². The van der Waals surface area contributed by atoms with Gasteiger partial charge in [0.2, 0.25) is 0 Å². The zero-order chi connectivity index (χ0) is 8.20. The third-order valence-corrected chi connectivity index (χ3v) is 2.37. The second-order valence-electron chi connectivity index (χ2n) is 1.79. The van der Waals surface area contributed by atoms with Gasteiger partial charge in [0.1, 0.15) is 9.71 Å². The molecule has 0 aliphatic heterocycles. The first-order chi connectivity index (χ1) is 4.52. The van der Waals surface area contributed by atoms with Crippen LogP contribution in [0.2, 0.25) is 0 Å². The molecule has 0 bridgehead atoms. The Balaban J connectivity index is 3.79. The molecule has 0 aromatic rings. The molecule has 0 rings (SSSR count). The molecule has 0 aliphatic rings. The highest BCUT2D eigenvalue weighted by Gasteiger charge is 2.26. The molecule has 0 fully saturated rings. The van der Waals surface area contributed by atoms with Gasteiger partial charge in [0.05, 0.1) is 11.9 Å². The van der Waals surface area contributed by atoms with Crippen molar-refractivity contribution in [3.05, 3.63) is 0 Å². The van der Waals surface area contributed by atoms with E-state index >= 15 is 0 Å². The predicted molar refractivity (Wildman–Crippen MR) is 45.0 cm³/mol. The van der Waals surface area contributed by atoms with Gasteiger partial charge < -0.3 is 0 Å². The first-order valence-electron chi connectivity index (χ1n) is 2.49. The maximum Gasteiger partial charge on any atom is 0.134 e. The monoisotopic (exact) mass is 219 g/mol. The minimum Gasteiger partial charge on any atom is -0.197 e. The molecule has 1 unspecified atom stereocenters. The van der Waals surface area contributed by atoms with E-state index in [2.05, 4.69) is 0 Å². The van der Waals surface area contributed by atoms with E-state index in [0.29, 0.717) is 0 Å². The summed E-state index contributed by atoms with van der Waals surface area (Å²) in [6, 6.07) is 1.79. The van der Waals surface area contributed by atoms with Crippen molar-refractivity contribution in [2.24, 2.45) is 0 Å². The summed E-state index contributed by atoms with van der Waals surface area (Å²) in [6.07, 6.45) is 0.178. The SMILES string of the molecule is N#CC(Cl)CC(Cl)(Cl)CCl. The van der Waals surface area contributed by atoms with Crippen LogP contribution in [0.1, 0.15) is 6.42 Å². The van der Waals surface area contributed by atoms with Crippen molar-refractivity contribution >= 4 is 46.4 Å². The zero-order valence-electron chi connectivity index (χ0n) is 4.95. The number of nitriles is 1. The molecule has 0 aromatic heterocycles. The van der Waals surface area contributed by atoms with E-state index in [9.17, 15) is 0 Å². The molecule has 0 heterocycles. The van der Waals surface area contributed by atoms with Gasteiger partial charge in [-0.15, -0.1) is 46.4 Å². The van der Waals surface area contributed by atoms with Gasteiger partial charge in [0.25, 0.3) is 0 Å². The van der Waals surface area contributed by atoms with Crippen LogP contribution in [-0.4, -0.2) is 15.6 Å². The Morgan fingerprint density at radius 3 is 2.30 bits per heavy atom. The fourth-order valence-electron chi connectivity index (χ4n) is 0.362. The summed E-state index contributed by atoms with van der Waals surface area (Å²) >= 11 is 22.0. The Morgan fingerprint density at radius 2 is 2.00 bits per heavy atom. The van der Waals surface area contributed by atoms with Crippen LogP contribution in [0.4, 0.5) is 0 Å². The van der Waals surface area contributed by atoms with Crippen molar-refractivity contribution in [1.82, 2.24) is 0 Å². The van der Waals surface area contributed by atoms with Crippen LogP contribution < -0.4 is 0 Å². The van der Waals surface area contributed by atoms with Crippen molar-refractivity contribution in [2.75, 3.05) is 5.88 Å². The topological polar surface area (TPSA) is 23.8 Å². The van der Waals surface area contributed by atoms with E-state index in [4.69, 9.17) is 51.7 Å². The van der Waals surface area contributed by atoms with Crippen LogP contribution in [-0.2, 0) is 0 Å². The summed E-state index contributed by atoms with van der Waals surface area (Å²) in [5, 5.41) is 7.58. The average molecular weight is 221 g/mol. The lowest BCUT2D eigenvalue weighted by molar-refractivity contribution is 0.780. The first kappa shape index (κ1) is 10.7. The molecule has 58 valence electrons. The highest BCUT2D eigenvalue weighted by molar-refractivity contribution is 6.51. The Kier molecular flexibility index (Phi) is 4.81. The second kappa shape index (κ2) is 4.51. The van der Waals surface area contributed by atoms with Gasteiger partial charge >= 0.3 is 0 Å². The number of hydrogen-bond acceptors (Lipinski definition) is 1. The number of alkyl halides is 4. The van der Waals surface area contributed by atoms with Gasteiger partial charge in [0.15, 0.2) is 0 Å². The van der Waals surface area contributed by atoms with Crippen molar-refractivity contribution in [3.63, 3.8) is 0 Å². The summed E-state index contributed by atoms with van der Waals surface area (Å²) < 4.78 is -1.08. The molecule has 0 radical (unpaired) electrons. The lowest BCUT2D eigenvalue weighted by Crippen LogP contribution is -2.19. The van der Waals surface area contributed by atoms with Crippen LogP contribution >= 0.6 is 46.4 Å². The van der Waals surface area contributed by atoms with Gasteiger partial charge in [-0.25, -0.2) is 0 Å². The van der Waals surface area contributed by atoms with Crippen molar-refractivity contribution in [2.45, 2.75) is 16.1 Å². The van der Waals surface area contributed by atoms with E-state index in [0.717, 1.165) is 0 Å². The predicted octanol–water partition coefficient (Wildman–Crippen LogP) is 2.92. The fourth-order valence-corrected chi connectivity index (χ4v) is 1.20. The largest absolute Gasteiger partial charge is 0.197 e. The molecule has 0 saturated heterocycles. The Hall–Kier alpha value is 0.650. The van der Waals surface area contributed by atoms with Crippen LogP contribution in [0.5, 0.6) is 0 Å².